The van der Waals surface area contributed by atoms with Gasteiger partial charge in [0.15, 0.2) is 0 Å². The predicted molar refractivity (Wildman–Crippen MR) is 94.8 cm³/mol. The summed E-state index contributed by atoms with van der Waals surface area (Å²) < 4.78 is 46.3. The Labute approximate surface area is 160 Å². The summed E-state index contributed by atoms with van der Waals surface area (Å²) in [5.74, 6) is -0.378. The molecule has 1 aliphatic heterocycles. The molecule has 1 heterocycles. The van der Waals surface area contributed by atoms with E-state index in [0.717, 1.165) is 0 Å². The van der Waals surface area contributed by atoms with Gasteiger partial charge in [-0.05, 0) is 45.4 Å². The average molecular weight is 405 g/mol. The number of carbonyl (C=O) groups excluding carboxylic acids is 2. The van der Waals surface area contributed by atoms with E-state index in [1.165, 1.54) is 34.9 Å². The largest absolute Gasteiger partial charge is 0.573 e. The molecular weight excluding hydrogens is 383 g/mol. The molecule has 5 nitrogen and oxygen atoms in total. The van der Waals surface area contributed by atoms with E-state index >= 15 is 0 Å². The highest BCUT2D eigenvalue weighted by atomic mass is 32.2. The molecule has 1 aromatic rings. The lowest BCUT2D eigenvalue weighted by Crippen LogP contribution is -2.37. The molecule has 0 spiro atoms. The Morgan fingerprint density at radius 1 is 1.22 bits per heavy atom. The fraction of sp³-hybridized carbons (Fsp3) is 0.556. The first kappa shape index (κ1) is 21.4. The number of carbonyl (C=O) groups is 2. The molecule has 2 rings (SSSR count). The number of hydrogen-bond donors (Lipinski definition) is 0. The van der Waals surface area contributed by atoms with Crippen LogP contribution < -0.4 is 4.74 Å². The molecule has 1 aromatic carbocycles. The molecular formula is C18H22F3NO4S. The lowest BCUT2D eigenvalue weighted by molar-refractivity contribution is -0.274. The Morgan fingerprint density at radius 2 is 1.93 bits per heavy atom. The van der Waals surface area contributed by atoms with Crippen LogP contribution in [0.15, 0.2) is 29.2 Å². The van der Waals surface area contributed by atoms with Crippen LogP contribution in [0.25, 0.3) is 0 Å². The second-order valence-electron chi connectivity index (χ2n) is 7.10. The third-order valence-electron chi connectivity index (χ3n) is 3.62. The number of amides is 1. The molecule has 0 bridgehead atoms. The van der Waals surface area contributed by atoms with Gasteiger partial charge >= 0.3 is 12.5 Å². The summed E-state index contributed by atoms with van der Waals surface area (Å²) in [5, 5.41) is -0.446. The normalized spacial score (nSPS) is 18.8. The minimum absolute atomic E-state index is 0.0480. The smallest absolute Gasteiger partial charge is 0.444 e. The van der Waals surface area contributed by atoms with Crippen molar-refractivity contribution in [3.63, 3.8) is 0 Å². The monoisotopic (exact) mass is 405 g/mol. The van der Waals surface area contributed by atoms with Gasteiger partial charge in [-0.3, -0.25) is 4.79 Å². The van der Waals surface area contributed by atoms with E-state index in [1.807, 2.05) is 0 Å². The van der Waals surface area contributed by atoms with Crippen LogP contribution >= 0.6 is 11.8 Å². The highest BCUT2D eigenvalue weighted by Gasteiger charge is 2.32. The van der Waals surface area contributed by atoms with E-state index in [-0.39, 0.29) is 24.5 Å². The van der Waals surface area contributed by atoms with E-state index < -0.39 is 23.3 Å². The summed E-state index contributed by atoms with van der Waals surface area (Å²) in [5.41, 5.74) is -0.625. The number of nitrogens with zero attached hydrogens (tertiary/aromatic N) is 1. The Morgan fingerprint density at radius 3 is 2.56 bits per heavy atom. The van der Waals surface area contributed by atoms with Crippen LogP contribution in [0.2, 0.25) is 0 Å². The summed E-state index contributed by atoms with van der Waals surface area (Å²) in [4.78, 5) is 26.5. The summed E-state index contributed by atoms with van der Waals surface area (Å²) in [6.45, 7) is 5.91. The predicted octanol–water partition coefficient (Wildman–Crippen LogP) is 4.65. The van der Waals surface area contributed by atoms with Gasteiger partial charge in [0.25, 0.3) is 0 Å². The number of ether oxygens (including phenoxy) is 2. The van der Waals surface area contributed by atoms with Crippen molar-refractivity contribution < 1.29 is 32.2 Å². The average Bonchev–Trinajstić information content (AvgIpc) is 2.67. The number of alkyl halides is 3. The summed E-state index contributed by atoms with van der Waals surface area (Å²) in [7, 11) is 0. The first-order valence-electron chi connectivity index (χ1n) is 8.46. The lowest BCUT2D eigenvalue weighted by Gasteiger charge is -2.26. The van der Waals surface area contributed by atoms with Gasteiger partial charge in [0.2, 0.25) is 0 Å². The van der Waals surface area contributed by atoms with Gasteiger partial charge in [-0.1, -0.05) is 6.07 Å². The molecule has 27 heavy (non-hydrogen) atoms. The molecule has 150 valence electrons. The highest BCUT2D eigenvalue weighted by Crippen LogP contribution is 2.32. The fourth-order valence-electron chi connectivity index (χ4n) is 2.49. The number of Topliss-reactive ketones (excluding diaryl/α,β-unsaturated/α-hetero) is 1. The van der Waals surface area contributed by atoms with Crippen molar-refractivity contribution >= 4 is 23.6 Å². The zero-order valence-corrected chi connectivity index (χ0v) is 16.2. The number of ketones is 1. The van der Waals surface area contributed by atoms with Crippen molar-refractivity contribution in [2.45, 2.75) is 55.7 Å². The molecule has 0 N–H and O–H groups in total. The maximum atomic E-state index is 12.4. The Hall–Kier alpha value is -1.90. The topological polar surface area (TPSA) is 55.8 Å². The summed E-state index contributed by atoms with van der Waals surface area (Å²) >= 11 is 1.18. The zero-order valence-electron chi connectivity index (χ0n) is 15.3. The first-order chi connectivity index (χ1) is 12.4. The lowest BCUT2D eigenvalue weighted by atomic mass is 10.2. The van der Waals surface area contributed by atoms with Gasteiger partial charge < -0.3 is 14.4 Å². The molecule has 1 atom stereocenters. The van der Waals surface area contributed by atoms with Gasteiger partial charge in [-0.15, -0.1) is 24.9 Å². The van der Waals surface area contributed by atoms with Crippen molar-refractivity contribution in [2.75, 3.05) is 13.1 Å². The Kier molecular flexibility index (Phi) is 6.67. The van der Waals surface area contributed by atoms with Crippen LogP contribution in [0.3, 0.4) is 0 Å². The Bertz CT molecular complexity index is 688. The number of halogens is 3. The number of thioether (sulfide) groups is 1. The molecule has 0 aromatic heterocycles. The van der Waals surface area contributed by atoms with Gasteiger partial charge in [0.05, 0.1) is 5.25 Å². The first-order valence-corrected chi connectivity index (χ1v) is 9.34. The second-order valence-corrected chi connectivity index (χ2v) is 8.38. The van der Waals surface area contributed by atoms with Gasteiger partial charge in [-0.2, -0.15) is 0 Å². The van der Waals surface area contributed by atoms with E-state index in [1.54, 1.807) is 26.8 Å². The molecule has 0 saturated carbocycles. The number of rotatable bonds is 3. The molecule has 0 aliphatic carbocycles. The zero-order chi connectivity index (χ0) is 20.2. The van der Waals surface area contributed by atoms with Gasteiger partial charge in [0, 0.05) is 24.4 Å². The van der Waals surface area contributed by atoms with E-state index in [9.17, 15) is 22.8 Å². The quantitative estimate of drug-likeness (QED) is 0.733. The molecule has 0 radical (unpaired) electrons. The van der Waals surface area contributed by atoms with E-state index in [2.05, 4.69) is 4.74 Å². The minimum Gasteiger partial charge on any atom is -0.444 e. The van der Waals surface area contributed by atoms with Crippen molar-refractivity contribution in [3.8, 4) is 5.75 Å². The third kappa shape index (κ3) is 7.32. The van der Waals surface area contributed by atoms with E-state index in [0.29, 0.717) is 17.9 Å². The molecule has 9 heteroatoms. The maximum absolute atomic E-state index is 12.4. The van der Waals surface area contributed by atoms with Crippen LogP contribution in [-0.4, -0.2) is 47.1 Å². The van der Waals surface area contributed by atoms with Crippen molar-refractivity contribution in [1.29, 1.82) is 0 Å². The van der Waals surface area contributed by atoms with Crippen LogP contribution in [-0.2, 0) is 9.53 Å². The second kappa shape index (κ2) is 8.41. The van der Waals surface area contributed by atoms with Crippen molar-refractivity contribution in [3.05, 3.63) is 24.3 Å². The molecule has 1 amide bonds. The molecule has 1 saturated heterocycles. The number of likely N-dealkylation sites (tertiary alicyclic amines) is 1. The SMILES string of the molecule is CC(C)(C)OC(=O)N1CCC(=O)C(Sc2cccc(OC(F)(F)F)c2)CC1. The minimum atomic E-state index is -4.77. The molecule has 1 unspecified atom stereocenters. The summed E-state index contributed by atoms with van der Waals surface area (Å²) in [6, 6.07) is 5.52. The molecule has 1 fully saturated rings. The maximum Gasteiger partial charge on any atom is 0.573 e. The number of hydrogen-bond acceptors (Lipinski definition) is 5. The van der Waals surface area contributed by atoms with Crippen LogP contribution in [0.4, 0.5) is 18.0 Å². The van der Waals surface area contributed by atoms with Crippen LogP contribution in [0.1, 0.15) is 33.6 Å². The van der Waals surface area contributed by atoms with Crippen LogP contribution in [0.5, 0.6) is 5.75 Å². The standard InChI is InChI=1S/C18H22F3NO4S/c1-17(2,3)26-16(24)22-9-7-14(23)15(8-10-22)27-13-6-4-5-12(11-13)25-18(19,20)21/h4-6,11,15H,7-10H2,1-3H3. The van der Waals surface area contributed by atoms with Crippen molar-refractivity contribution in [2.24, 2.45) is 0 Å². The van der Waals surface area contributed by atoms with Crippen LogP contribution in [0, 0.1) is 0 Å². The van der Waals surface area contributed by atoms with E-state index in [4.69, 9.17) is 4.74 Å². The van der Waals surface area contributed by atoms with Gasteiger partial charge in [-0.25, -0.2) is 4.79 Å². The highest BCUT2D eigenvalue weighted by molar-refractivity contribution is 8.00. The summed E-state index contributed by atoms with van der Waals surface area (Å²) in [6.07, 6.45) is -4.67. The van der Waals surface area contributed by atoms with Gasteiger partial charge in [0.1, 0.15) is 17.1 Å². The molecule has 1 aliphatic rings. The fourth-order valence-corrected chi connectivity index (χ4v) is 3.64. The Balaban J connectivity index is 2.00. The van der Waals surface area contributed by atoms with Crippen molar-refractivity contribution in [1.82, 2.24) is 4.90 Å². The third-order valence-corrected chi connectivity index (χ3v) is 4.93. The number of benzene rings is 1.